The molecule has 0 aliphatic heterocycles. The number of imide groups is 1. The molecule has 102 valence electrons. The van der Waals surface area contributed by atoms with Crippen LogP contribution >= 0.6 is 11.8 Å². The minimum absolute atomic E-state index is 0.202. The average Bonchev–Trinajstić information content (AvgIpc) is 3.15. The summed E-state index contributed by atoms with van der Waals surface area (Å²) in [5.41, 5.74) is 0. The third-order valence-corrected chi connectivity index (χ3v) is 3.73. The molecule has 19 heavy (non-hydrogen) atoms. The van der Waals surface area contributed by atoms with Crippen molar-refractivity contribution in [2.24, 2.45) is 0 Å². The van der Waals surface area contributed by atoms with E-state index >= 15 is 0 Å². The molecule has 1 unspecified atom stereocenters. The van der Waals surface area contributed by atoms with E-state index in [1.807, 2.05) is 0 Å². The highest BCUT2D eigenvalue weighted by atomic mass is 32.2. The van der Waals surface area contributed by atoms with Gasteiger partial charge in [0.05, 0.1) is 5.25 Å². The van der Waals surface area contributed by atoms with Gasteiger partial charge in [-0.3, -0.25) is 10.1 Å². The number of nitrogens with zero attached hydrogens (tertiary/aromatic N) is 1. The first-order chi connectivity index (χ1) is 9.06. The van der Waals surface area contributed by atoms with Gasteiger partial charge in [-0.1, -0.05) is 0 Å². The molecule has 1 aliphatic carbocycles. The third-order valence-electron chi connectivity index (χ3n) is 2.60. The number of nitrogens with one attached hydrogen (secondary N) is 2. The van der Waals surface area contributed by atoms with E-state index in [9.17, 15) is 14.8 Å². The molecule has 0 bridgehead atoms. The summed E-state index contributed by atoms with van der Waals surface area (Å²) in [6.45, 7) is 1.65. The molecule has 1 saturated carbocycles. The van der Waals surface area contributed by atoms with Gasteiger partial charge in [0, 0.05) is 18.2 Å². The molecule has 1 aromatic heterocycles. The molecule has 0 aromatic carbocycles. The van der Waals surface area contributed by atoms with E-state index in [0.29, 0.717) is 9.76 Å². The standard InChI is InChI=1S/C12H15N3O3S/c1-8(19-10-4-2-3-7-15(10)18)11(16)14-12(17)13-9-5-6-9/h2-4,7-9H,5-6H2,1H3,(H2,13,14,16,17). The molecular formula is C12H15N3O3S. The van der Waals surface area contributed by atoms with E-state index in [1.54, 1.807) is 25.1 Å². The second-order valence-electron chi connectivity index (χ2n) is 4.36. The summed E-state index contributed by atoms with van der Waals surface area (Å²) >= 11 is 1.11. The second-order valence-corrected chi connectivity index (χ2v) is 5.72. The van der Waals surface area contributed by atoms with E-state index in [4.69, 9.17) is 0 Å². The first kappa shape index (κ1) is 13.7. The van der Waals surface area contributed by atoms with E-state index in [-0.39, 0.29) is 6.04 Å². The van der Waals surface area contributed by atoms with Crippen LogP contribution < -0.4 is 15.4 Å². The van der Waals surface area contributed by atoms with Crippen LogP contribution in [0.25, 0.3) is 0 Å². The van der Waals surface area contributed by atoms with Crippen molar-refractivity contribution in [1.82, 2.24) is 10.6 Å². The lowest BCUT2D eigenvalue weighted by molar-refractivity contribution is -0.645. The van der Waals surface area contributed by atoms with Gasteiger partial charge in [-0.25, -0.2) is 4.79 Å². The van der Waals surface area contributed by atoms with E-state index in [0.717, 1.165) is 24.6 Å². The quantitative estimate of drug-likeness (QED) is 0.485. The Labute approximate surface area is 115 Å². The zero-order valence-electron chi connectivity index (χ0n) is 10.5. The number of hydrogen-bond donors (Lipinski definition) is 2. The highest BCUT2D eigenvalue weighted by molar-refractivity contribution is 8.00. The fourth-order valence-electron chi connectivity index (χ4n) is 1.40. The molecule has 6 nitrogen and oxygen atoms in total. The van der Waals surface area contributed by atoms with Crippen molar-refractivity contribution in [1.29, 1.82) is 0 Å². The highest BCUT2D eigenvalue weighted by Gasteiger charge is 2.25. The number of amides is 3. The molecule has 0 spiro atoms. The molecule has 0 saturated heterocycles. The topological polar surface area (TPSA) is 85.1 Å². The molecule has 1 heterocycles. The number of pyridine rings is 1. The Morgan fingerprint density at radius 1 is 1.47 bits per heavy atom. The number of carbonyl (C=O) groups is 2. The van der Waals surface area contributed by atoms with Crippen LogP contribution in [0.4, 0.5) is 4.79 Å². The Morgan fingerprint density at radius 3 is 2.84 bits per heavy atom. The summed E-state index contributed by atoms with van der Waals surface area (Å²) in [7, 11) is 0. The summed E-state index contributed by atoms with van der Waals surface area (Å²) in [5, 5.41) is 16.3. The number of rotatable bonds is 4. The van der Waals surface area contributed by atoms with Crippen molar-refractivity contribution in [2.75, 3.05) is 0 Å². The Balaban J connectivity index is 1.84. The summed E-state index contributed by atoms with van der Waals surface area (Å²) < 4.78 is 0.693. The molecule has 2 N–H and O–H groups in total. The lowest BCUT2D eigenvalue weighted by Crippen LogP contribution is -2.43. The van der Waals surface area contributed by atoms with Crippen LogP contribution in [0.1, 0.15) is 19.8 Å². The average molecular weight is 281 g/mol. The number of hydrogen-bond acceptors (Lipinski definition) is 4. The number of thioether (sulfide) groups is 1. The van der Waals surface area contributed by atoms with Crippen LogP contribution in [0.3, 0.4) is 0 Å². The molecule has 1 aromatic rings. The van der Waals surface area contributed by atoms with Crippen LogP contribution in [0, 0.1) is 5.21 Å². The summed E-state index contributed by atoms with van der Waals surface area (Å²) in [6.07, 6.45) is 3.30. The first-order valence-electron chi connectivity index (χ1n) is 6.02. The summed E-state index contributed by atoms with van der Waals surface area (Å²) in [5.74, 6) is -0.410. The lowest BCUT2D eigenvalue weighted by Gasteiger charge is -2.11. The smallest absolute Gasteiger partial charge is 0.321 e. The minimum Gasteiger partial charge on any atom is -0.618 e. The van der Waals surface area contributed by atoms with Gasteiger partial charge < -0.3 is 10.5 Å². The van der Waals surface area contributed by atoms with Gasteiger partial charge in [0.25, 0.3) is 5.03 Å². The number of urea groups is 1. The molecular weight excluding hydrogens is 266 g/mol. The molecule has 0 radical (unpaired) electrons. The normalized spacial score (nSPS) is 15.6. The minimum atomic E-state index is -0.521. The summed E-state index contributed by atoms with van der Waals surface area (Å²) in [4.78, 5) is 23.2. The predicted molar refractivity (Wildman–Crippen MR) is 70.4 cm³/mol. The van der Waals surface area contributed by atoms with Crippen LogP contribution in [0.15, 0.2) is 29.4 Å². The van der Waals surface area contributed by atoms with Gasteiger partial charge in [-0.2, -0.15) is 4.73 Å². The zero-order valence-corrected chi connectivity index (χ0v) is 11.3. The Kier molecular flexibility index (Phi) is 4.26. The Morgan fingerprint density at radius 2 is 2.21 bits per heavy atom. The van der Waals surface area contributed by atoms with Crippen LogP contribution in [0.2, 0.25) is 0 Å². The number of aromatic nitrogens is 1. The van der Waals surface area contributed by atoms with Gasteiger partial charge >= 0.3 is 6.03 Å². The van der Waals surface area contributed by atoms with E-state index in [1.165, 1.54) is 6.20 Å². The van der Waals surface area contributed by atoms with Gasteiger partial charge in [-0.15, -0.1) is 0 Å². The largest absolute Gasteiger partial charge is 0.618 e. The Bertz CT molecular complexity index is 491. The SMILES string of the molecule is CC(Sc1cccc[n+]1[O-])C(=O)NC(=O)NC1CC1. The van der Waals surface area contributed by atoms with Crippen molar-refractivity contribution in [2.45, 2.75) is 36.1 Å². The van der Waals surface area contributed by atoms with Crippen molar-refractivity contribution >= 4 is 23.7 Å². The molecule has 7 heteroatoms. The molecule has 1 aliphatic rings. The summed E-state index contributed by atoms with van der Waals surface area (Å²) in [6, 6.07) is 4.70. The maximum absolute atomic E-state index is 11.8. The third kappa shape index (κ3) is 4.13. The first-order valence-corrected chi connectivity index (χ1v) is 6.90. The van der Waals surface area contributed by atoms with Crippen molar-refractivity contribution < 1.29 is 14.3 Å². The van der Waals surface area contributed by atoms with E-state index in [2.05, 4.69) is 10.6 Å². The second kappa shape index (κ2) is 5.92. The van der Waals surface area contributed by atoms with Crippen molar-refractivity contribution in [3.63, 3.8) is 0 Å². The highest BCUT2D eigenvalue weighted by Crippen LogP contribution is 2.20. The Hall–Kier alpha value is -1.76. The van der Waals surface area contributed by atoms with Crippen molar-refractivity contribution in [3.8, 4) is 0 Å². The van der Waals surface area contributed by atoms with Crippen molar-refractivity contribution in [3.05, 3.63) is 29.6 Å². The zero-order chi connectivity index (χ0) is 13.8. The van der Waals surface area contributed by atoms with Gasteiger partial charge in [0.15, 0.2) is 6.20 Å². The predicted octanol–water partition coefficient (Wildman–Crippen LogP) is 0.789. The maximum Gasteiger partial charge on any atom is 0.321 e. The lowest BCUT2D eigenvalue weighted by atomic mass is 10.4. The van der Waals surface area contributed by atoms with Crippen LogP contribution in [-0.4, -0.2) is 23.2 Å². The monoisotopic (exact) mass is 281 g/mol. The molecule has 3 amide bonds. The van der Waals surface area contributed by atoms with Gasteiger partial charge in [0.1, 0.15) is 0 Å². The molecule has 2 rings (SSSR count). The van der Waals surface area contributed by atoms with Gasteiger partial charge in [0.2, 0.25) is 5.91 Å². The molecule has 1 atom stereocenters. The van der Waals surface area contributed by atoms with Gasteiger partial charge in [-0.05, 0) is 37.6 Å². The number of carbonyl (C=O) groups excluding carboxylic acids is 2. The van der Waals surface area contributed by atoms with E-state index < -0.39 is 17.2 Å². The van der Waals surface area contributed by atoms with Crippen LogP contribution in [0.5, 0.6) is 0 Å². The fraction of sp³-hybridized carbons (Fsp3) is 0.417. The maximum atomic E-state index is 11.8. The fourth-order valence-corrected chi connectivity index (χ4v) is 2.25. The van der Waals surface area contributed by atoms with Crippen LogP contribution in [-0.2, 0) is 4.79 Å². The molecule has 1 fully saturated rings.